The Morgan fingerprint density at radius 1 is 0.969 bits per heavy atom. The quantitative estimate of drug-likeness (QED) is 0.480. The first kappa shape index (κ1) is 21.2. The molecule has 0 spiro atoms. The fourth-order valence-electron chi connectivity index (χ4n) is 5.41. The minimum Gasteiger partial charge on any atom is -0.325 e. The largest absolute Gasteiger partial charge is 0.325 e. The standard InChI is InChI=1S/C25H22Cl2N2O3/c26-17-10-11-19(18(27)12-17)28-21(30)13-20(14-4-2-1-3-5-14)29-24(31)22-15-6-7-16(9-8-15)23(22)25(29)32/h1-7,10-12,15-16,20,22-23H,8-9,13H2,(H,28,30)/t15-,16-,20+,22-,23-/m0/s1. The second-order valence-electron chi connectivity index (χ2n) is 8.69. The van der Waals surface area contributed by atoms with Crippen LogP contribution in [-0.2, 0) is 14.4 Å². The fourth-order valence-corrected chi connectivity index (χ4v) is 5.86. The van der Waals surface area contributed by atoms with Crippen molar-refractivity contribution >= 4 is 46.6 Å². The van der Waals surface area contributed by atoms with Gasteiger partial charge in [0, 0.05) is 5.02 Å². The van der Waals surface area contributed by atoms with Crippen LogP contribution in [0.15, 0.2) is 60.7 Å². The molecule has 1 N–H and O–H groups in total. The minimum absolute atomic E-state index is 0.0529. The summed E-state index contributed by atoms with van der Waals surface area (Å²) in [5.74, 6) is -1.08. The van der Waals surface area contributed by atoms with Crippen molar-refractivity contribution in [3.63, 3.8) is 0 Å². The maximum atomic E-state index is 13.5. The van der Waals surface area contributed by atoms with Gasteiger partial charge in [0.25, 0.3) is 0 Å². The molecule has 6 rings (SSSR count). The van der Waals surface area contributed by atoms with Gasteiger partial charge in [-0.3, -0.25) is 19.3 Å². The third-order valence-corrected chi connectivity index (χ3v) is 7.42. The van der Waals surface area contributed by atoms with E-state index in [1.807, 2.05) is 30.3 Å². The number of rotatable bonds is 5. The number of imide groups is 1. The average molecular weight is 469 g/mol. The lowest BCUT2D eigenvalue weighted by Crippen LogP contribution is -2.38. The molecule has 2 fully saturated rings. The van der Waals surface area contributed by atoms with E-state index in [1.165, 1.54) is 4.90 Å². The van der Waals surface area contributed by atoms with Crippen LogP contribution in [0.3, 0.4) is 0 Å². The van der Waals surface area contributed by atoms with Gasteiger partial charge in [-0.2, -0.15) is 0 Å². The van der Waals surface area contributed by atoms with Crippen LogP contribution >= 0.6 is 23.2 Å². The zero-order chi connectivity index (χ0) is 22.4. The lowest BCUT2D eigenvalue weighted by Gasteiger charge is -2.38. The highest BCUT2D eigenvalue weighted by Gasteiger charge is 2.58. The zero-order valence-electron chi connectivity index (χ0n) is 17.2. The lowest BCUT2D eigenvalue weighted by atomic mass is 9.63. The van der Waals surface area contributed by atoms with Gasteiger partial charge in [0.2, 0.25) is 17.7 Å². The summed E-state index contributed by atoms with van der Waals surface area (Å²) in [4.78, 5) is 41.3. The first-order valence-electron chi connectivity index (χ1n) is 10.8. The van der Waals surface area contributed by atoms with Gasteiger partial charge in [0.15, 0.2) is 0 Å². The van der Waals surface area contributed by atoms with Gasteiger partial charge in [-0.25, -0.2) is 0 Å². The summed E-state index contributed by atoms with van der Waals surface area (Å²) in [5.41, 5.74) is 1.19. The number of hydrogen-bond donors (Lipinski definition) is 1. The van der Waals surface area contributed by atoms with Crippen LogP contribution in [0.2, 0.25) is 10.0 Å². The molecule has 2 aromatic carbocycles. The number of nitrogens with zero attached hydrogens (tertiary/aromatic N) is 1. The van der Waals surface area contributed by atoms with Crippen molar-refractivity contribution in [1.29, 1.82) is 0 Å². The molecule has 5 atom stereocenters. The van der Waals surface area contributed by atoms with Crippen LogP contribution in [-0.4, -0.2) is 22.6 Å². The number of hydrogen-bond acceptors (Lipinski definition) is 3. The van der Waals surface area contributed by atoms with Crippen LogP contribution in [0.25, 0.3) is 0 Å². The molecule has 0 aromatic heterocycles. The molecule has 32 heavy (non-hydrogen) atoms. The Kier molecular flexibility index (Phi) is 5.56. The number of amides is 3. The molecule has 1 heterocycles. The number of likely N-dealkylation sites (tertiary alicyclic amines) is 1. The molecule has 0 radical (unpaired) electrons. The fraction of sp³-hybridized carbons (Fsp3) is 0.320. The van der Waals surface area contributed by atoms with E-state index >= 15 is 0 Å². The molecule has 0 unspecified atom stereocenters. The molecule has 4 aliphatic rings. The number of carbonyl (C=O) groups excluding carboxylic acids is 3. The summed E-state index contributed by atoms with van der Waals surface area (Å²) in [6, 6.07) is 13.4. The van der Waals surface area contributed by atoms with E-state index in [0.717, 1.165) is 18.4 Å². The van der Waals surface area contributed by atoms with Crippen molar-refractivity contribution < 1.29 is 14.4 Å². The van der Waals surface area contributed by atoms with E-state index in [1.54, 1.807) is 18.2 Å². The average Bonchev–Trinajstić information content (AvgIpc) is 3.08. The third kappa shape index (κ3) is 3.63. The van der Waals surface area contributed by atoms with Gasteiger partial charge in [0.05, 0.1) is 35.0 Å². The molecule has 3 aliphatic carbocycles. The molecule has 164 valence electrons. The topological polar surface area (TPSA) is 66.5 Å². The Morgan fingerprint density at radius 2 is 1.59 bits per heavy atom. The number of anilines is 1. The zero-order valence-corrected chi connectivity index (χ0v) is 18.7. The summed E-state index contributed by atoms with van der Waals surface area (Å²) in [6.07, 6.45) is 6.00. The smallest absolute Gasteiger partial charge is 0.234 e. The number of benzene rings is 2. The molecule has 5 nitrogen and oxygen atoms in total. The number of carbonyl (C=O) groups is 3. The minimum atomic E-state index is -0.674. The van der Waals surface area contributed by atoms with E-state index in [-0.39, 0.29) is 47.8 Å². The van der Waals surface area contributed by atoms with Gasteiger partial charge in [-0.05, 0) is 48.4 Å². The van der Waals surface area contributed by atoms with E-state index in [4.69, 9.17) is 23.2 Å². The molecule has 2 bridgehead atoms. The second-order valence-corrected chi connectivity index (χ2v) is 9.53. The van der Waals surface area contributed by atoms with Crippen molar-refractivity contribution in [2.24, 2.45) is 23.7 Å². The highest BCUT2D eigenvalue weighted by molar-refractivity contribution is 6.36. The van der Waals surface area contributed by atoms with Gasteiger partial charge < -0.3 is 5.32 Å². The molecule has 1 saturated heterocycles. The Hall–Kier alpha value is -2.63. The molecule has 7 heteroatoms. The van der Waals surface area contributed by atoms with Gasteiger partial charge >= 0.3 is 0 Å². The molecular formula is C25H22Cl2N2O3. The second kappa shape index (κ2) is 8.38. The van der Waals surface area contributed by atoms with Gasteiger partial charge in [-0.15, -0.1) is 0 Å². The van der Waals surface area contributed by atoms with Crippen LogP contribution in [0, 0.1) is 23.7 Å². The number of allylic oxidation sites excluding steroid dienone is 2. The Labute approximate surface area is 196 Å². The van der Waals surface area contributed by atoms with Crippen molar-refractivity contribution in [3.8, 4) is 0 Å². The van der Waals surface area contributed by atoms with Crippen molar-refractivity contribution in [2.75, 3.05) is 5.32 Å². The van der Waals surface area contributed by atoms with Gasteiger partial charge in [0.1, 0.15) is 0 Å². The molecule has 3 amide bonds. The monoisotopic (exact) mass is 468 g/mol. The molecule has 1 saturated carbocycles. The highest BCUT2D eigenvalue weighted by Crippen LogP contribution is 2.51. The summed E-state index contributed by atoms with van der Waals surface area (Å²) >= 11 is 12.1. The Bertz CT molecular complexity index is 1090. The van der Waals surface area contributed by atoms with Crippen LogP contribution < -0.4 is 5.32 Å². The molecule has 2 aromatic rings. The van der Waals surface area contributed by atoms with E-state index in [0.29, 0.717) is 15.7 Å². The summed E-state index contributed by atoms with van der Waals surface area (Å²) in [6.45, 7) is 0. The van der Waals surface area contributed by atoms with Crippen molar-refractivity contribution in [1.82, 2.24) is 4.90 Å². The van der Waals surface area contributed by atoms with Crippen LogP contribution in [0.4, 0.5) is 5.69 Å². The predicted molar refractivity (Wildman–Crippen MR) is 123 cm³/mol. The third-order valence-electron chi connectivity index (χ3n) is 6.87. The van der Waals surface area contributed by atoms with Crippen molar-refractivity contribution in [3.05, 3.63) is 76.3 Å². The number of nitrogens with one attached hydrogen (secondary N) is 1. The lowest BCUT2D eigenvalue weighted by molar-refractivity contribution is -0.143. The maximum Gasteiger partial charge on any atom is 0.234 e. The van der Waals surface area contributed by atoms with E-state index < -0.39 is 6.04 Å². The SMILES string of the molecule is O=C(C[C@H](c1ccccc1)N1C(=O)[C@@H]2[C@@H](C1=O)[C@H]1C=C[C@H]2CC1)Nc1ccc(Cl)cc1Cl. The Morgan fingerprint density at radius 3 is 2.16 bits per heavy atom. The Balaban J connectivity index is 1.44. The first-order valence-corrected chi connectivity index (χ1v) is 11.5. The van der Waals surface area contributed by atoms with Crippen LogP contribution in [0.1, 0.15) is 30.9 Å². The molecule has 1 aliphatic heterocycles. The first-order chi connectivity index (χ1) is 15.4. The van der Waals surface area contributed by atoms with Gasteiger partial charge in [-0.1, -0.05) is 65.7 Å². The summed E-state index contributed by atoms with van der Waals surface area (Å²) < 4.78 is 0. The normalized spacial score (nSPS) is 26.9. The van der Waals surface area contributed by atoms with Crippen LogP contribution in [0.5, 0.6) is 0 Å². The van der Waals surface area contributed by atoms with E-state index in [2.05, 4.69) is 17.5 Å². The highest BCUT2D eigenvalue weighted by atomic mass is 35.5. The predicted octanol–water partition coefficient (Wildman–Crippen LogP) is 5.26. The number of halogens is 2. The maximum absolute atomic E-state index is 13.5. The van der Waals surface area contributed by atoms with Crippen molar-refractivity contribution in [2.45, 2.75) is 25.3 Å². The van der Waals surface area contributed by atoms with E-state index in [9.17, 15) is 14.4 Å². The number of fused-ring (bicyclic) bond motifs is 1. The molecular weight excluding hydrogens is 447 g/mol. The summed E-state index contributed by atoms with van der Waals surface area (Å²) in [5, 5.41) is 3.58. The summed E-state index contributed by atoms with van der Waals surface area (Å²) in [7, 11) is 0.